The first-order valence-electron chi connectivity index (χ1n) is 27.0. The second kappa shape index (κ2) is 46.6. The highest BCUT2D eigenvalue weighted by Crippen LogP contribution is 2.38. The van der Waals surface area contributed by atoms with E-state index in [1.54, 1.807) is 0 Å². The molecule has 0 aliphatic heterocycles. The van der Waals surface area contributed by atoms with Crippen molar-refractivity contribution in [1.29, 1.82) is 0 Å². The molecule has 2 atom stereocenters. The van der Waals surface area contributed by atoms with Gasteiger partial charge in [0.15, 0.2) is 6.10 Å². The first-order chi connectivity index (χ1) is 31.0. The number of phosphoric acid groups is 1. The van der Waals surface area contributed by atoms with Gasteiger partial charge >= 0.3 is 11.9 Å². The van der Waals surface area contributed by atoms with Gasteiger partial charge in [0.2, 0.25) is 0 Å². The Morgan fingerprint density at radius 1 is 0.469 bits per heavy atom. The van der Waals surface area contributed by atoms with Gasteiger partial charge in [0.25, 0.3) is 7.82 Å². The van der Waals surface area contributed by atoms with E-state index in [4.69, 9.17) is 18.5 Å². The van der Waals surface area contributed by atoms with Gasteiger partial charge in [-0.25, -0.2) is 0 Å². The van der Waals surface area contributed by atoms with E-state index in [1.807, 2.05) is 21.1 Å². The van der Waals surface area contributed by atoms with Crippen LogP contribution >= 0.6 is 7.82 Å². The zero-order valence-corrected chi connectivity index (χ0v) is 43.6. The summed E-state index contributed by atoms with van der Waals surface area (Å²) in [5.41, 5.74) is 0. The number of allylic oxidation sites excluding steroid dienone is 4. The van der Waals surface area contributed by atoms with Gasteiger partial charge in [-0.05, 0) is 64.2 Å². The molecule has 10 heteroatoms. The van der Waals surface area contributed by atoms with Crippen molar-refractivity contribution < 1.29 is 42.1 Å². The van der Waals surface area contributed by atoms with Crippen LogP contribution in [0.5, 0.6) is 0 Å². The van der Waals surface area contributed by atoms with Crippen molar-refractivity contribution in [2.75, 3.05) is 47.5 Å². The summed E-state index contributed by atoms with van der Waals surface area (Å²) in [6, 6.07) is 0. The number of rotatable bonds is 50. The van der Waals surface area contributed by atoms with Gasteiger partial charge in [-0.3, -0.25) is 14.2 Å². The molecular formula is C54H104NO8P. The molecule has 0 amide bonds. The maximum absolute atomic E-state index is 12.8. The molecule has 0 saturated heterocycles. The fourth-order valence-corrected chi connectivity index (χ4v) is 8.43. The highest BCUT2D eigenvalue weighted by Gasteiger charge is 2.21. The smallest absolute Gasteiger partial charge is 0.306 e. The molecule has 378 valence electrons. The number of phosphoric ester groups is 1. The molecule has 0 aliphatic rings. The standard InChI is InChI=1S/C54H104NO8P/c1-6-8-10-12-14-16-18-20-22-24-26-27-29-31-33-35-37-39-41-43-45-47-54(57)63-52(51-62-64(58,59)61-49-48-55(3,4)5)50-60-53(56)46-44-42-40-38-36-34-32-30-28-25-23-21-19-17-15-13-11-9-7-2/h20-23,52H,6-19,24-51H2,1-5H3/b22-20-,23-21-/t52-/m1/s1. The van der Waals surface area contributed by atoms with E-state index in [0.29, 0.717) is 17.4 Å². The molecular weight excluding hydrogens is 822 g/mol. The molecule has 0 aromatic carbocycles. The molecule has 0 aromatic heterocycles. The van der Waals surface area contributed by atoms with E-state index in [-0.39, 0.29) is 32.0 Å². The van der Waals surface area contributed by atoms with Gasteiger partial charge in [-0.2, -0.15) is 0 Å². The van der Waals surface area contributed by atoms with Gasteiger partial charge in [-0.1, -0.05) is 205 Å². The van der Waals surface area contributed by atoms with Crippen LogP contribution in [-0.4, -0.2) is 70.0 Å². The van der Waals surface area contributed by atoms with Crippen LogP contribution in [0, 0.1) is 0 Å². The average Bonchev–Trinajstić information content (AvgIpc) is 3.25. The number of esters is 2. The molecule has 0 heterocycles. The summed E-state index contributed by atoms with van der Waals surface area (Å²) in [5.74, 6) is -0.825. The minimum atomic E-state index is -4.63. The van der Waals surface area contributed by atoms with E-state index < -0.39 is 26.5 Å². The lowest BCUT2D eigenvalue weighted by Gasteiger charge is -2.28. The predicted molar refractivity (Wildman–Crippen MR) is 268 cm³/mol. The third kappa shape index (κ3) is 49.9. The third-order valence-corrected chi connectivity index (χ3v) is 12.9. The van der Waals surface area contributed by atoms with Gasteiger partial charge in [-0.15, -0.1) is 0 Å². The highest BCUT2D eigenvalue weighted by molar-refractivity contribution is 7.45. The first-order valence-corrected chi connectivity index (χ1v) is 28.5. The molecule has 0 aliphatic carbocycles. The van der Waals surface area contributed by atoms with Crippen LogP contribution in [-0.2, 0) is 32.7 Å². The largest absolute Gasteiger partial charge is 0.756 e. The second-order valence-corrected chi connectivity index (χ2v) is 21.0. The van der Waals surface area contributed by atoms with E-state index in [2.05, 4.69) is 38.2 Å². The monoisotopic (exact) mass is 926 g/mol. The summed E-state index contributed by atoms with van der Waals surface area (Å²) in [5, 5.41) is 0. The number of unbranched alkanes of at least 4 members (excludes halogenated alkanes) is 32. The maximum Gasteiger partial charge on any atom is 0.306 e. The van der Waals surface area contributed by atoms with Crippen LogP contribution in [0.25, 0.3) is 0 Å². The topological polar surface area (TPSA) is 111 Å². The van der Waals surface area contributed by atoms with Gasteiger partial charge < -0.3 is 27.9 Å². The Kier molecular flexibility index (Phi) is 45.5. The summed E-state index contributed by atoms with van der Waals surface area (Å²) in [7, 11) is 1.17. The maximum atomic E-state index is 12.8. The summed E-state index contributed by atoms with van der Waals surface area (Å²) in [6.45, 7) is 4.26. The molecule has 9 nitrogen and oxygen atoms in total. The Morgan fingerprint density at radius 2 is 0.797 bits per heavy atom. The van der Waals surface area contributed by atoms with Crippen LogP contribution in [0.1, 0.15) is 258 Å². The number of likely N-dealkylation sites (N-methyl/N-ethyl adjacent to an activating group) is 1. The molecule has 0 radical (unpaired) electrons. The molecule has 1 unspecified atom stereocenters. The van der Waals surface area contributed by atoms with Crippen molar-refractivity contribution in [3.05, 3.63) is 24.3 Å². The Morgan fingerprint density at radius 3 is 1.16 bits per heavy atom. The molecule has 64 heavy (non-hydrogen) atoms. The lowest BCUT2D eigenvalue weighted by Crippen LogP contribution is -2.37. The number of hydrogen-bond donors (Lipinski definition) is 0. The summed E-state index contributed by atoms with van der Waals surface area (Å²) < 4.78 is 34.1. The van der Waals surface area contributed by atoms with Crippen LogP contribution in [0.4, 0.5) is 0 Å². The van der Waals surface area contributed by atoms with Crippen molar-refractivity contribution in [3.8, 4) is 0 Å². The first kappa shape index (κ1) is 62.5. The summed E-state index contributed by atoms with van der Waals surface area (Å²) >= 11 is 0. The molecule has 0 N–H and O–H groups in total. The number of nitrogens with zero attached hydrogens (tertiary/aromatic N) is 1. The van der Waals surface area contributed by atoms with Crippen molar-refractivity contribution in [3.63, 3.8) is 0 Å². The van der Waals surface area contributed by atoms with E-state index in [9.17, 15) is 19.0 Å². The summed E-state index contributed by atoms with van der Waals surface area (Å²) in [6.07, 6.45) is 53.5. The molecule has 0 rings (SSSR count). The van der Waals surface area contributed by atoms with Crippen LogP contribution in [0.3, 0.4) is 0 Å². The molecule has 0 aromatic rings. The number of carbonyl (C=O) groups excluding carboxylic acids is 2. The Balaban J connectivity index is 4.20. The number of carbonyl (C=O) groups is 2. The average molecular weight is 926 g/mol. The third-order valence-electron chi connectivity index (χ3n) is 11.9. The quantitative estimate of drug-likeness (QED) is 0.0195. The number of quaternary nitrogens is 1. The van der Waals surface area contributed by atoms with Gasteiger partial charge in [0, 0.05) is 12.8 Å². The van der Waals surface area contributed by atoms with Gasteiger partial charge in [0.1, 0.15) is 19.8 Å². The number of ether oxygens (including phenoxy) is 2. The normalized spacial score (nSPS) is 13.5. The number of hydrogen-bond acceptors (Lipinski definition) is 8. The fourth-order valence-electron chi connectivity index (χ4n) is 7.71. The Labute approximate surface area is 396 Å². The molecule has 0 fully saturated rings. The predicted octanol–water partition coefficient (Wildman–Crippen LogP) is 15.6. The molecule has 0 saturated carbocycles. The van der Waals surface area contributed by atoms with Crippen molar-refractivity contribution in [2.45, 2.75) is 264 Å². The van der Waals surface area contributed by atoms with Gasteiger partial charge in [0.05, 0.1) is 27.7 Å². The van der Waals surface area contributed by atoms with Crippen LogP contribution in [0.2, 0.25) is 0 Å². The minimum absolute atomic E-state index is 0.0293. The zero-order chi connectivity index (χ0) is 47.1. The molecule has 0 bridgehead atoms. The summed E-state index contributed by atoms with van der Waals surface area (Å²) in [4.78, 5) is 37.8. The zero-order valence-electron chi connectivity index (χ0n) is 42.7. The SMILES string of the molecule is CCCCCCCC/C=C\CCCCCCCCCCCCCC(=O)O[C@H](COC(=O)CCCCCCCCCCC/C=C\CCCCCCCC)COP(=O)([O-])OCC[N+](C)(C)C. The van der Waals surface area contributed by atoms with Crippen molar-refractivity contribution >= 4 is 19.8 Å². The van der Waals surface area contributed by atoms with Crippen LogP contribution in [0.15, 0.2) is 24.3 Å². The van der Waals surface area contributed by atoms with E-state index >= 15 is 0 Å². The lowest BCUT2D eigenvalue weighted by molar-refractivity contribution is -0.870. The molecule has 0 spiro atoms. The fraction of sp³-hybridized carbons (Fsp3) is 0.889. The lowest BCUT2D eigenvalue weighted by atomic mass is 10.0. The highest BCUT2D eigenvalue weighted by atomic mass is 31.2. The minimum Gasteiger partial charge on any atom is -0.756 e. The Hall–Kier alpha value is -1.51. The van der Waals surface area contributed by atoms with Crippen LogP contribution < -0.4 is 4.89 Å². The van der Waals surface area contributed by atoms with E-state index in [0.717, 1.165) is 38.5 Å². The van der Waals surface area contributed by atoms with Crippen molar-refractivity contribution in [2.24, 2.45) is 0 Å². The Bertz CT molecular complexity index is 1140. The van der Waals surface area contributed by atoms with E-state index in [1.165, 1.54) is 186 Å². The second-order valence-electron chi connectivity index (χ2n) is 19.6. The van der Waals surface area contributed by atoms with Crippen molar-refractivity contribution in [1.82, 2.24) is 0 Å².